The van der Waals surface area contributed by atoms with E-state index < -0.39 is 151 Å². The maximum absolute atomic E-state index is 15.3. The molecule has 3 N–H and O–H groups in total. The molecule has 9 atom stereocenters. The second kappa shape index (κ2) is 35.1. The van der Waals surface area contributed by atoms with Gasteiger partial charge in [0.15, 0.2) is 0 Å². The number of hydrogen-bond donors (Lipinski definition) is 3. The standard InChI is InChI=1S/C66H109ClF3N11O11/c1-14-41(4)58-65(92)76(9)38-56(84)74(7)39-57(85)78(11)52(36-46-24-29-48(67)30-25-46)62(89)75(8)37-54(82)72-49(31-26-44-22-27-47(28-23-44)66(68,69)70)61(88)81-32-18-21-50(81)63(90)80(13)53(35-45-19-16-15-17-20-45)64(91)79(12)51(33-40(2)3)60(87)71-42(5)34-55(83)77(10)43(6)59(86)73-58/h40-53,58H,14-39H2,1-13H3,(H,71,87)(H,72,82)(H,73,86)/t41-,42+,43-,44?,46?,47?,48?,49-,50-,51-,52-,53-,58-/m0/s1. The van der Waals surface area contributed by atoms with Crippen LogP contribution in [0, 0.1) is 35.5 Å². The monoisotopic (exact) mass is 1320 g/mol. The molecule has 2 aliphatic heterocycles. The first-order chi connectivity index (χ1) is 43.1. The summed E-state index contributed by atoms with van der Waals surface area (Å²) in [6.45, 7) is 9.08. The molecule has 5 fully saturated rings. The molecule has 0 radical (unpaired) electrons. The first-order valence-corrected chi connectivity index (χ1v) is 34.3. The Morgan fingerprint density at radius 2 is 1.08 bits per heavy atom. The summed E-state index contributed by atoms with van der Waals surface area (Å²) in [5.41, 5.74) is 0. The molecule has 2 heterocycles. The van der Waals surface area contributed by atoms with Crippen LogP contribution in [0.2, 0.25) is 0 Å². The molecule has 26 heteroatoms. The van der Waals surface area contributed by atoms with E-state index in [1.54, 1.807) is 13.8 Å². The van der Waals surface area contributed by atoms with Crippen LogP contribution in [0.15, 0.2) is 0 Å². The highest BCUT2D eigenvalue weighted by Gasteiger charge is 2.46. The fourth-order valence-electron chi connectivity index (χ4n) is 14.0. The largest absolute Gasteiger partial charge is 0.391 e. The molecule has 0 aromatic rings. The fourth-order valence-corrected chi connectivity index (χ4v) is 14.3. The predicted octanol–water partition coefficient (Wildman–Crippen LogP) is 5.96. The lowest BCUT2D eigenvalue weighted by atomic mass is 9.79. The highest BCUT2D eigenvalue weighted by Crippen LogP contribution is 2.41. The van der Waals surface area contributed by atoms with E-state index in [-0.39, 0.29) is 106 Å². The van der Waals surface area contributed by atoms with E-state index in [2.05, 4.69) is 16.0 Å². The van der Waals surface area contributed by atoms with E-state index in [0.717, 1.165) is 46.8 Å². The number of fused-ring (bicyclic) bond motifs is 1. The van der Waals surface area contributed by atoms with E-state index in [4.69, 9.17) is 11.6 Å². The smallest absolute Gasteiger partial charge is 0.351 e. The van der Waals surface area contributed by atoms with E-state index in [0.29, 0.717) is 38.5 Å². The summed E-state index contributed by atoms with van der Waals surface area (Å²) in [4.78, 5) is 170. The number of carbonyl (C=O) groups excluding carboxylic acids is 11. The lowest BCUT2D eigenvalue weighted by Gasteiger charge is -2.39. The first-order valence-electron chi connectivity index (χ1n) is 33.8. The Hall–Kier alpha value is -5.75. The third kappa shape index (κ3) is 21.4. The van der Waals surface area contributed by atoms with Gasteiger partial charge in [0.2, 0.25) is 65.0 Å². The molecule has 22 nitrogen and oxygen atoms in total. The van der Waals surface area contributed by atoms with Crippen molar-refractivity contribution in [3.63, 3.8) is 0 Å². The van der Waals surface area contributed by atoms with Crippen molar-refractivity contribution in [3.8, 4) is 0 Å². The number of amides is 11. The van der Waals surface area contributed by atoms with Crippen LogP contribution in [-0.2, 0) is 52.7 Å². The number of rotatable bonds is 11. The summed E-state index contributed by atoms with van der Waals surface area (Å²) in [5, 5.41) is 8.51. The normalized spacial score (nSPS) is 30.8. The van der Waals surface area contributed by atoms with Gasteiger partial charge in [-0.15, -0.1) is 11.6 Å². The Morgan fingerprint density at radius 3 is 1.66 bits per heavy atom. The van der Waals surface area contributed by atoms with Crippen LogP contribution >= 0.6 is 11.6 Å². The summed E-state index contributed by atoms with van der Waals surface area (Å²) >= 11 is 6.49. The summed E-state index contributed by atoms with van der Waals surface area (Å²) in [5.74, 6) is -8.65. The topological polar surface area (TPSA) is 250 Å². The van der Waals surface area contributed by atoms with Gasteiger partial charge in [-0.05, 0) is 140 Å². The van der Waals surface area contributed by atoms with Crippen molar-refractivity contribution in [2.75, 3.05) is 75.5 Å². The minimum absolute atomic E-state index is 0.0145. The van der Waals surface area contributed by atoms with Crippen LogP contribution in [0.1, 0.15) is 183 Å². The Kier molecular flexibility index (Phi) is 29.4. The average Bonchev–Trinajstić information content (AvgIpc) is 1.47. The zero-order valence-electron chi connectivity index (χ0n) is 57.1. The van der Waals surface area contributed by atoms with Crippen LogP contribution in [0.3, 0.4) is 0 Å². The number of hydrogen-bond acceptors (Lipinski definition) is 11. The number of likely N-dealkylation sites (N-methyl/N-ethyl adjacent to an activating group) is 7. The van der Waals surface area contributed by atoms with Gasteiger partial charge < -0.3 is 55.1 Å². The number of carbonyl (C=O) groups is 11. The molecule has 2 saturated heterocycles. The minimum atomic E-state index is -4.34. The molecule has 5 rings (SSSR count). The second-order valence-corrected chi connectivity index (χ2v) is 28.7. The molecule has 0 spiro atoms. The van der Waals surface area contributed by atoms with Crippen molar-refractivity contribution < 1.29 is 65.9 Å². The summed E-state index contributed by atoms with van der Waals surface area (Å²) < 4.78 is 41.4. The molecule has 0 unspecified atom stereocenters. The van der Waals surface area contributed by atoms with Crippen molar-refractivity contribution >= 4 is 76.6 Å². The van der Waals surface area contributed by atoms with Gasteiger partial charge in [0.25, 0.3) is 0 Å². The summed E-state index contributed by atoms with van der Waals surface area (Å²) in [7, 11) is 10.1. The highest BCUT2D eigenvalue weighted by molar-refractivity contribution is 6.20. The number of nitrogens with one attached hydrogen (secondary N) is 3. The maximum Gasteiger partial charge on any atom is 0.391 e. The molecule has 0 bridgehead atoms. The van der Waals surface area contributed by atoms with Crippen molar-refractivity contribution in [2.45, 2.75) is 243 Å². The Morgan fingerprint density at radius 1 is 0.522 bits per heavy atom. The lowest BCUT2D eigenvalue weighted by molar-refractivity contribution is -0.184. The molecule has 522 valence electrons. The average molecular weight is 1330 g/mol. The van der Waals surface area contributed by atoms with Gasteiger partial charge >= 0.3 is 6.18 Å². The second-order valence-electron chi connectivity index (χ2n) is 28.1. The van der Waals surface area contributed by atoms with Crippen LogP contribution in [0.4, 0.5) is 13.2 Å². The fraction of sp³-hybridized carbons (Fsp3) is 0.833. The van der Waals surface area contributed by atoms with E-state index >= 15 is 14.4 Å². The van der Waals surface area contributed by atoms with E-state index in [1.165, 1.54) is 80.8 Å². The van der Waals surface area contributed by atoms with Crippen LogP contribution < -0.4 is 16.0 Å². The number of alkyl halides is 4. The van der Waals surface area contributed by atoms with Crippen LogP contribution in [0.25, 0.3) is 0 Å². The number of halogens is 4. The first kappa shape index (κ1) is 77.0. The van der Waals surface area contributed by atoms with Crippen molar-refractivity contribution in [3.05, 3.63) is 0 Å². The molecular formula is C66H109ClF3N11O11. The quantitative estimate of drug-likeness (QED) is 0.204. The molecular weight excluding hydrogens is 1220 g/mol. The zero-order valence-corrected chi connectivity index (χ0v) is 57.9. The number of nitrogens with zero attached hydrogens (tertiary/aromatic N) is 8. The van der Waals surface area contributed by atoms with Gasteiger partial charge in [-0.3, -0.25) is 52.7 Å². The van der Waals surface area contributed by atoms with Gasteiger partial charge in [0, 0.05) is 73.7 Å². The van der Waals surface area contributed by atoms with Gasteiger partial charge in [0.05, 0.1) is 25.6 Å². The Labute approximate surface area is 549 Å². The summed E-state index contributed by atoms with van der Waals surface area (Å²) in [6, 6.07) is -8.62. The lowest BCUT2D eigenvalue weighted by Crippen LogP contribution is -2.59. The van der Waals surface area contributed by atoms with Crippen molar-refractivity contribution in [1.29, 1.82) is 0 Å². The molecule has 5 aliphatic rings. The van der Waals surface area contributed by atoms with E-state index in [9.17, 15) is 51.5 Å². The molecule has 92 heavy (non-hydrogen) atoms. The van der Waals surface area contributed by atoms with Crippen LogP contribution in [-0.4, -0.2) is 240 Å². The summed E-state index contributed by atoms with van der Waals surface area (Å²) in [6.07, 6.45) is 5.05. The van der Waals surface area contributed by atoms with Gasteiger partial charge in [-0.1, -0.05) is 66.2 Å². The SMILES string of the molecule is CC[C@H](C)[C@@H]1NC(=O)[C@H](C)N(C)C(=O)C[C@@H](C)NC(=O)[C@H](CC(C)C)N(C)C(=O)[C@H](CC2CCCCC2)N(C)C(=O)[C@@H]2CCCN2C(=O)[C@H](CCC2CCC(C(F)(F)F)CC2)NC(=O)CN(C)C(=O)[C@H](CC2CCC(Cl)CC2)N(C)C(=O)CN(C)C(=O)CN(C)C1=O. The molecule has 3 aliphatic carbocycles. The molecule has 11 amide bonds. The van der Waals surface area contributed by atoms with Gasteiger partial charge in [-0.2, -0.15) is 13.2 Å². The third-order valence-electron chi connectivity index (χ3n) is 20.6. The third-order valence-corrected chi connectivity index (χ3v) is 21.0. The van der Waals surface area contributed by atoms with Crippen LogP contribution in [0.5, 0.6) is 0 Å². The van der Waals surface area contributed by atoms with Crippen molar-refractivity contribution in [1.82, 2.24) is 55.1 Å². The van der Waals surface area contributed by atoms with Gasteiger partial charge in [-0.25, -0.2) is 0 Å². The van der Waals surface area contributed by atoms with Crippen molar-refractivity contribution in [2.24, 2.45) is 35.5 Å². The van der Waals surface area contributed by atoms with Gasteiger partial charge in [0.1, 0.15) is 42.3 Å². The zero-order chi connectivity index (χ0) is 68.6. The molecule has 0 aromatic carbocycles. The maximum atomic E-state index is 15.3. The molecule has 3 saturated carbocycles. The van der Waals surface area contributed by atoms with E-state index in [1.807, 2.05) is 20.8 Å². The highest BCUT2D eigenvalue weighted by atomic mass is 35.5. The molecule has 0 aromatic heterocycles. The predicted molar refractivity (Wildman–Crippen MR) is 343 cm³/mol. The minimum Gasteiger partial charge on any atom is -0.351 e. The Bertz CT molecular complexity index is 2560. The Balaban J connectivity index is 1.54.